The van der Waals surface area contributed by atoms with Crippen LogP contribution in [-0.4, -0.2) is 140 Å². The molecule has 0 radical (unpaired) electrons. The van der Waals surface area contributed by atoms with Crippen LogP contribution in [0.15, 0.2) is 0 Å². The Morgan fingerprint density at radius 3 is 2.41 bits per heavy atom. The van der Waals surface area contributed by atoms with Gasteiger partial charge in [-0.1, -0.05) is 34.6 Å². The molecule has 2 heterocycles. The SMILES string of the molecule is CCN(CC)CC(=O)O[C@@H]1C(C)C(=O)NCCN(C)C[C@H](C)C[C@@](C)(O)[C@H](OC2O[C@H](C)CC(N(C)C)[C@H]2O)[C@H]1C. The molecule has 0 aromatic rings. The van der Waals surface area contributed by atoms with Crippen LogP contribution in [0.5, 0.6) is 0 Å². The van der Waals surface area contributed by atoms with Crippen LogP contribution in [0.1, 0.15) is 61.3 Å². The number of ether oxygens (including phenoxy) is 3. The van der Waals surface area contributed by atoms with E-state index in [2.05, 4.69) is 17.1 Å². The molecule has 2 rings (SSSR count). The van der Waals surface area contributed by atoms with Gasteiger partial charge in [-0.05, 0) is 66.8 Å². The molecule has 3 unspecified atom stereocenters. The van der Waals surface area contributed by atoms with Crippen molar-refractivity contribution in [2.75, 3.05) is 60.4 Å². The second kappa shape index (κ2) is 15.9. The number of nitrogens with zero attached hydrogens (tertiary/aromatic N) is 3. The van der Waals surface area contributed by atoms with Crippen molar-refractivity contribution in [3.63, 3.8) is 0 Å². The van der Waals surface area contributed by atoms with Crippen molar-refractivity contribution in [2.45, 2.75) is 104 Å². The molecule has 240 valence electrons. The van der Waals surface area contributed by atoms with Crippen LogP contribution in [0, 0.1) is 17.8 Å². The lowest BCUT2D eigenvalue weighted by Crippen LogP contribution is -2.59. The number of aliphatic hydroxyl groups is 2. The number of carbonyl (C=O) groups excluding carboxylic acids is 2. The van der Waals surface area contributed by atoms with Crippen LogP contribution in [0.2, 0.25) is 0 Å². The highest BCUT2D eigenvalue weighted by molar-refractivity contribution is 5.79. The van der Waals surface area contributed by atoms with Crippen LogP contribution in [0.25, 0.3) is 0 Å². The third kappa shape index (κ3) is 10.1. The van der Waals surface area contributed by atoms with Gasteiger partial charge in [-0.15, -0.1) is 0 Å². The van der Waals surface area contributed by atoms with Gasteiger partial charge in [-0.3, -0.25) is 14.5 Å². The summed E-state index contributed by atoms with van der Waals surface area (Å²) in [4.78, 5) is 32.5. The summed E-state index contributed by atoms with van der Waals surface area (Å²) < 4.78 is 18.7. The highest BCUT2D eigenvalue weighted by Gasteiger charge is 2.48. The number of nitrogens with one attached hydrogen (secondary N) is 1. The first-order valence-electron chi connectivity index (χ1n) is 15.4. The second-order valence-electron chi connectivity index (χ2n) is 12.9. The summed E-state index contributed by atoms with van der Waals surface area (Å²) >= 11 is 0. The Morgan fingerprint density at radius 1 is 1.20 bits per heavy atom. The summed E-state index contributed by atoms with van der Waals surface area (Å²) in [5.74, 6) is -1.89. The number of likely N-dealkylation sites (N-methyl/N-ethyl adjacent to an activating group) is 3. The quantitative estimate of drug-likeness (QED) is 0.357. The fourth-order valence-corrected chi connectivity index (χ4v) is 6.48. The van der Waals surface area contributed by atoms with Gasteiger partial charge in [0.05, 0.1) is 30.3 Å². The average molecular weight is 587 g/mol. The Morgan fingerprint density at radius 2 is 1.83 bits per heavy atom. The number of amides is 1. The fraction of sp³-hybridized carbons (Fsp3) is 0.933. The van der Waals surface area contributed by atoms with E-state index in [4.69, 9.17) is 14.2 Å². The molecule has 2 aliphatic rings. The highest BCUT2D eigenvalue weighted by Crippen LogP contribution is 2.36. The molecular weight excluding hydrogens is 528 g/mol. The molecular formula is C30H58N4O7. The minimum Gasteiger partial charge on any atom is -0.460 e. The number of rotatable bonds is 8. The molecule has 0 spiro atoms. The molecule has 0 aliphatic carbocycles. The van der Waals surface area contributed by atoms with E-state index in [9.17, 15) is 19.8 Å². The minimum atomic E-state index is -1.38. The average Bonchev–Trinajstić information content (AvgIpc) is 2.88. The second-order valence-corrected chi connectivity index (χ2v) is 12.9. The van der Waals surface area contributed by atoms with Gasteiger partial charge in [0.15, 0.2) is 6.29 Å². The third-order valence-corrected chi connectivity index (χ3v) is 8.76. The number of hydrogen-bond acceptors (Lipinski definition) is 10. The molecule has 10 atom stereocenters. The molecule has 11 nitrogen and oxygen atoms in total. The maximum atomic E-state index is 13.3. The maximum Gasteiger partial charge on any atom is 0.320 e. The van der Waals surface area contributed by atoms with Gasteiger partial charge < -0.3 is 39.5 Å². The zero-order valence-electron chi connectivity index (χ0n) is 27.1. The zero-order chi connectivity index (χ0) is 31.1. The predicted molar refractivity (Wildman–Crippen MR) is 158 cm³/mol. The van der Waals surface area contributed by atoms with Gasteiger partial charge in [-0.2, -0.15) is 0 Å². The molecule has 0 saturated carbocycles. The Bertz CT molecular complexity index is 825. The summed E-state index contributed by atoms with van der Waals surface area (Å²) in [5, 5.41) is 26.3. The Balaban J connectivity index is 2.52. The molecule has 2 saturated heterocycles. The maximum absolute atomic E-state index is 13.3. The first kappa shape index (κ1) is 35.9. The Hall–Kier alpha value is -1.34. The first-order chi connectivity index (χ1) is 19.1. The van der Waals surface area contributed by atoms with Crippen molar-refractivity contribution >= 4 is 11.9 Å². The summed E-state index contributed by atoms with van der Waals surface area (Å²) in [6.07, 6.45) is -2.90. The fourth-order valence-electron chi connectivity index (χ4n) is 6.48. The van der Waals surface area contributed by atoms with Crippen LogP contribution in [0.4, 0.5) is 0 Å². The van der Waals surface area contributed by atoms with Crippen molar-refractivity contribution < 1.29 is 34.0 Å². The minimum absolute atomic E-state index is 0.0940. The standard InChI is InChI=1S/C30H58N4O7/c1-11-34(12-2)18-24(35)40-26-21(5)27(41-29-25(36)23(32(8)9)15-20(4)39-29)30(7,38)16-19(3)17-33(10)14-13-31-28(37)22(26)6/h19-23,25-27,29,36,38H,11-18H2,1-10H3,(H,31,37)/t19-,20-,21+,22?,23?,25-,26+,27-,29?,30-/m1/s1. The van der Waals surface area contributed by atoms with Gasteiger partial charge in [0, 0.05) is 31.6 Å². The van der Waals surface area contributed by atoms with Crippen LogP contribution in [0.3, 0.4) is 0 Å². The number of hydrogen-bond donors (Lipinski definition) is 3. The summed E-state index contributed by atoms with van der Waals surface area (Å²) in [6, 6.07) is -0.196. The summed E-state index contributed by atoms with van der Waals surface area (Å²) in [7, 11) is 5.80. The van der Waals surface area contributed by atoms with E-state index >= 15 is 0 Å². The third-order valence-electron chi connectivity index (χ3n) is 8.76. The smallest absolute Gasteiger partial charge is 0.320 e. The largest absolute Gasteiger partial charge is 0.460 e. The molecule has 41 heavy (non-hydrogen) atoms. The van der Waals surface area contributed by atoms with Crippen molar-refractivity contribution in [3.05, 3.63) is 0 Å². The first-order valence-corrected chi connectivity index (χ1v) is 15.4. The molecule has 1 amide bonds. The number of esters is 1. The Kier molecular flexibility index (Phi) is 13.9. The molecule has 0 aromatic heterocycles. The molecule has 2 fully saturated rings. The van der Waals surface area contributed by atoms with E-state index in [0.717, 1.165) is 0 Å². The Labute approximate surface area is 247 Å². The molecule has 11 heteroatoms. The van der Waals surface area contributed by atoms with Crippen molar-refractivity contribution in [2.24, 2.45) is 17.8 Å². The lowest BCUT2D eigenvalue weighted by atomic mass is 9.77. The van der Waals surface area contributed by atoms with E-state index in [0.29, 0.717) is 45.6 Å². The van der Waals surface area contributed by atoms with Crippen molar-refractivity contribution in [1.29, 1.82) is 0 Å². The lowest BCUT2D eigenvalue weighted by Gasteiger charge is -2.47. The van der Waals surface area contributed by atoms with Crippen LogP contribution < -0.4 is 5.32 Å². The monoisotopic (exact) mass is 586 g/mol. The van der Waals surface area contributed by atoms with E-state index in [1.54, 1.807) is 13.8 Å². The predicted octanol–water partition coefficient (Wildman–Crippen LogP) is 1.16. The highest BCUT2D eigenvalue weighted by atomic mass is 16.7. The number of carbonyl (C=O) groups is 2. The van der Waals surface area contributed by atoms with E-state index < -0.39 is 48.0 Å². The zero-order valence-corrected chi connectivity index (χ0v) is 27.1. The molecule has 0 aromatic carbocycles. The molecule has 3 N–H and O–H groups in total. The van der Waals surface area contributed by atoms with Gasteiger partial charge in [0.25, 0.3) is 0 Å². The lowest BCUT2D eigenvalue weighted by molar-refractivity contribution is -0.299. The topological polar surface area (TPSA) is 124 Å². The summed E-state index contributed by atoms with van der Waals surface area (Å²) in [5.41, 5.74) is -1.38. The summed E-state index contributed by atoms with van der Waals surface area (Å²) in [6.45, 7) is 16.6. The van der Waals surface area contributed by atoms with Gasteiger partial charge in [0.1, 0.15) is 12.2 Å². The normalized spacial score (nSPS) is 38.6. The molecule has 2 aliphatic heterocycles. The van der Waals surface area contributed by atoms with Gasteiger partial charge in [-0.25, -0.2) is 0 Å². The van der Waals surface area contributed by atoms with E-state index in [1.807, 2.05) is 58.6 Å². The van der Waals surface area contributed by atoms with E-state index in [-0.39, 0.29) is 30.5 Å². The van der Waals surface area contributed by atoms with Crippen molar-refractivity contribution in [3.8, 4) is 0 Å². The number of aliphatic hydroxyl groups excluding tert-OH is 1. The van der Waals surface area contributed by atoms with Gasteiger partial charge in [0.2, 0.25) is 5.91 Å². The van der Waals surface area contributed by atoms with E-state index in [1.165, 1.54) is 0 Å². The molecule has 0 bridgehead atoms. The van der Waals surface area contributed by atoms with Crippen molar-refractivity contribution in [1.82, 2.24) is 20.0 Å². The van der Waals surface area contributed by atoms with Crippen LogP contribution in [-0.2, 0) is 23.8 Å². The van der Waals surface area contributed by atoms with Gasteiger partial charge >= 0.3 is 5.97 Å². The van der Waals surface area contributed by atoms with Crippen LogP contribution >= 0.6 is 0 Å².